The fourth-order valence-corrected chi connectivity index (χ4v) is 4.10. The molecule has 0 aliphatic carbocycles. The zero-order chi connectivity index (χ0) is 27.5. The molecule has 0 unspecified atom stereocenters. The largest absolute Gasteiger partial charge is 0.542 e. The van der Waals surface area contributed by atoms with Gasteiger partial charge in [-0.3, -0.25) is 9.20 Å². The number of halogens is 5. The Morgan fingerprint density at radius 3 is 2.34 bits per heavy atom. The van der Waals surface area contributed by atoms with E-state index in [0.717, 1.165) is 26.9 Å². The van der Waals surface area contributed by atoms with Crippen LogP contribution in [-0.4, -0.2) is 51.4 Å². The maximum atomic E-state index is 13.5. The van der Waals surface area contributed by atoms with E-state index in [1.165, 1.54) is 0 Å². The number of carboxylic acid groups (broad SMARTS) is 1. The molecule has 1 fully saturated rings. The van der Waals surface area contributed by atoms with Crippen molar-refractivity contribution in [1.29, 1.82) is 0 Å². The second-order valence-corrected chi connectivity index (χ2v) is 8.78. The molecule has 38 heavy (non-hydrogen) atoms. The lowest BCUT2D eigenvalue weighted by Crippen LogP contribution is -3.12. The Kier molecular flexibility index (Phi) is 7.58. The third-order valence-corrected chi connectivity index (χ3v) is 6.04. The van der Waals surface area contributed by atoms with Crippen LogP contribution in [0.15, 0.2) is 60.9 Å². The predicted molar refractivity (Wildman–Crippen MR) is 125 cm³/mol. The van der Waals surface area contributed by atoms with E-state index in [-0.39, 0.29) is 24.6 Å². The van der Waals surface area contributed by atoms with Crippen LogP contribution in [0.3, 0.4) is 0 Å². The molecule has 4 aromatic rings. The van der Waals surface area contributed by atoms with Crippen molar-refractivity contribution < 1.29 is 41.5 Å². The Hall–Kier alpha value is -4.13. The van der Waals surface area contributed by atoms with Gasteiger partial charge in [0, 0.05) is 17.8 Å². The van der Waals surface area contributed by atoms with Gasteiger partial charge in [-0.2, -0.15) is 13.2 Å². The van der Waals surface area contributed by atoms with Crippen molar-refractivity contribution in [2.75, 3.05) is 18.4 Å². The van der Waals surface area contributed by atoms with E-state index in [1.54, 1.807) is 16.8 Å². The standard InChI is InChI=1S/C23H21F2N5O.C2HF3O2/c24-23(25)8-11-29(12-9-23)15-18-19-7-3-4-10-30(19)21(27-18)22(31)28-20-13-16-5-1-2-6-17(16)14-26-20;3-2(4,5)1(6)7/h1-7,10,13-14H,8-9,11-12,15H2,(H,26,28,31);(H,6,7). The fraction of sp³-hybridized carbons (Fsp3) is 0.280. The summed E-state index contributed by atoms with van der Waals surface area (Å²) in [4.78, 5) is 31.8. The topological polar surface area (TPSA) is 104 Å². The highest BCUT2D eigenvalue weighted by atomic mass is 19.4. The molecule has 8 nitrogen and oxygen atoms in total. The van der Waals surface area contributed by atoms with Crippen LogP contribution in [0.2, 0.25) is 0 Å². The molecule has 200 valence electrons. The lowest BCUT2D eigenvalue weighted by Gasteiger charge is -2.28. The Labute approximate surface area is 212 Å². The van der Waals surface area contributed by atoms with E-state index in [1.807, 2.05) is 48.5 Å². The van der Waals surface area contributed by atoms with Crippen LogP contribution in [0.25, 0.3) is 16.3 Å². The summed E-state index contributed by atoms with van der Waals surface area (Å²) in [5.74, 6) is -5.25. The number of quaternary nitrogens is 1. The second-order valence-electron chi connectivity index (χ2n) is 8.78. The molecule has 1 saturated heterocycles. The Balaban J connectivity index is 0.000000426. The smallest absolute Gasteiger partial charge is 0.430 e. The number of carboxylic acids is 1. The van der Waals surface area contributed by atoms with E-state index in [4.69, 9.17) is 9.90 Å². The van der Waals surface area contributed by atoms with Gasteiger partial charge in [0.25, 0.3) is 11.8 Å². The minimum Gasteiger partial charge on any atom is -0.542 e. The summed E-state index contributed by atoms with van der Waals surface area (Å²) in [6.45, 7) is 1.29. The van der Waals surface area contributed by atoms with Gasteiger partial charge in [0.2, 0.25) is 5.82 Å². The first-order valence-corrected chi connectivity index (χ1v) is 11.5. The number of aromatic nitrogens is 3. The molecule has 0 spiro atoms. The highest BCUT2D eigenvalue weighted by molar-refractivity contribution is 6.03. The molecule has 0 radical (unpaired) electrons. The number of piperidine rings is 1. The van der Waals surface area contributed by atoms with Crippen LogP contribution in [0.1, 0.15) is 29.2 Å². The number of anilines is 1. The van der Waals surface area contributed by atoms with Crippen LogP contribution in [0.5, 0.6) is 0 Å². The van der Waals surface area contributed by atoms with Gasteiger partial charge in [0.05, 0.1) is 31.4 Å². The van der Waals surface area contributed by atoms with Crippen molar-refractivity contribution in [1.82, 2.24) is 14.4 Å². The van der Waals surface area contributed by atoms with E-state index < -0.39 is 18.1 Å². The number of pyridine rings is 2. The molecule has 0 atom stereocenters. The van der Waals surface area contributed by atoms with Crippen molar-refractivity contribution in [2.24, 2.45) is 0 Å². The number of benzene rings is 1. The van der Waals surface area contributed by atoms with Crippen molar-refractivity contribution >= 4 is 34.0 Å². The number of likely N-dealkylation sites (tertiary alicyclic amines) is 1. The van der Waals surface area contributed by atoms with Gasteiger partial charge in [-0.1, -0.05) is 30.3 Å². The molecule has 0 bridgehead atoms. The van der Waals surface area contributed by atoms with Crippen LogP contribution in [0.4, 0.5) is 27.8 Å². The monoisotopic (exact) mass is 535 g/mol. The lowest BCUT2D eigenvalue weighted by molar-refractivity contribution is -0.921. The molecular weight excluding hydrogens is 513 g/mol. The van der Waals surface area contributed by atoms with Gasteiger partial charge in [0.15, 0.2) is 0 Å². The quantitative estimate of drug-likeness (QED) is 0.391. The number of fused-ring (bicyclic) bond motifs is 2. The fourth-order valence-electron chi connectivity index (χ4n) is 4.10. The first kappa shape index (κ1) is 26.9. The summed E-state index contributed by atoms with van der Waals surface area (Å²) in [5, 5.41) is 13.6. The molecule has 1 aliphatic heterocycles. The minimum atomic E-state index is -5.19. The number of alkyl halides is 5. The van der Waals surface area contributed by atoms with Gasteiger partial charge < -0.3 is 20.1 Å². The normalized spacial score (nSPS) is 15.6. The van der Waals surface area contributed by atoms with Gasteiger partial charge in [-0.25, -0.2) is 18.7 Å². The Morgan fingerprint density at radius 2 is 1.68 bits per heavy atom. The summed E-state index contributed by atoms with van der Waals surface area (Å²) in [6.07, 6.45) is -1.92. The summed E-state index contributed by atoms with van der Waals surface area (Å²) in [6, 6.07) is 15.2. The maximum Gasteiger partial charge on any atom is 0.430 e. The predicted octanol–water partition coefficient (Wildman–Crippen LogP) is 2.25. The van der Waals surface area contributed by atoms with E-state index in [9.17, 15) is 26.7 Å². The van der Waals surface area contributed by atoms with E-state index in [2.05, 4.69) is 15.3 Å². The zero-order valence-corrected chi connectivity index (χ0v) is 19.8. The second kappa shape index (κ2) is 10.7. The average molecular weight is 535 g/mol. The third kappa shape index (κ3) is 6.40. The van der Waals surface area contributed by atoms with Gasteiger partial charge >= 0.3 is 6.18 Å². The summed E-state index contributed by atoms with van der Waals surface area (Å²) in [5.41, 5.74) is 1.54. The van der Waals surface area contributed by atoms with Crippen molar-refractivity contribution in [3.8, 4) is 0 Å². The molecule has 0 saturated carbocycles. The maximum absolute atomic E-state index is 13.5. The summed E-state index contributed by atoms with van der Waals surface area (Å²) in [7, 11) is 0. The van der Waals surface area contributed by atoms with Crippen molar-refractivity contribution in [3.63, 3.8) is 0 Å². The number of carbonyl (C=O) groups excluding carboxylic acids is 2. The summed E-state index contributed by atoms with van der Waals surface area (Å²) >= 11 is 0. The Bertz CT molecular complexity index is 1460. The highest BCUT2D eigenvalue weighted by Gasteiger charge is 2.37. The van der Waals surface area contributed by atoms with Crippen molar-refractivity contribution in [3.05, 3.63) is 72.4 Å². The molecule has 4 heterocycles. The van der Waals surface area contributed by atoms with Crippen LogP contribution < -0.4 is 15.3 Å². The number of carbonyl (C=O) groups is 2. The van der Waals surface area contributed by atoms with E-state index >= 15 is 0 Å². The summed E-state index contributed by atoms with van der Waals surface area (Å²) < 4.78 is 60.3. The number of nitrogens with one attached hydrogen (secondary N) is 2. The number of aliphatic carboxylic acids is 1. The third-order valence-electron chi connectivity index (χ3n) is 6.04. The van der Waals surface area contributed by atoms with E-state index in [0.29, 0.717) is 25.5 Å². The van der Waals surface area contributed by atoms with Gasteiger partial charge in [-0.05, 0) is 23.6 Å². The van der Waals surface area contributed by atoms with Crippen LogP contribution in [-0.2, 0) is 11.3 Å². The molecule has 1 aromatic carbocycles. The number of hydrogen-bond donors (Lipinski definition) is 2. The number of imidazole rings is 1. The highest BCUT2D eigenvalue weighted by Crippen LogP contribution is 2.23. The van der Waals surface area contributed by atoms with Crippen LogP contribution >= 0.6 is 0 Å². The molecule has 3 aromatic heterocycles. The molecule has 2 N–H and O–H groups in total. The average Bonchev–Trinajstić information content (AvgIpc) is 3.23. The van der Waals surface area contributed by atoms with Crippen molar-refractivity contribution in [2.45, 2.75) is 31.5 Å². The molecule has 1 amide bonds. The number of hydrogen-bond acceptors (Lipinski definition) is 5. The van der Waals surface area contributed by atoms with Gasteiger partial charge in [0.1, 0.15) is 24.0 Å². The zero-order valence-electron chi connectivity index (χ0n) is 19.8. The molecule has 1 aliphatic rings. The SMILES string of the molecule is O=C(Nc1cc2ccccc2cn1)c1nc(C[NH+]2CCC(F)(F)CC2)c2ccccn12.O=C([O-])C(F)(F)F. The first-order chi connectivity index (χ1) is 17.9. The lowest BCUT2D eigenvalue weighted by atomic mass is 10.1. The molecule has 13 heteroatoms. The first-order valence-electron chi connectivity index (χ1n) is 11.5. The van der Waals surface area contributed by atoms with Gasteiger partial charge in [-0.15, -0.1) is 0 Å². The molecular formula is C25H22F5N5O3. The molecule has 5 rings (SSSR count). The number of amides is 1. The number of rotatable bonds is 4. The minimum absolute atomic E-state index is 0.116. The number of nitrogens with zero attached hydrogens (tertiary/aromatic N) is 3. The van der Waals surface area contributed by atoms with Crippen LogP contribution in [0, 0.1) is 0 Å². The Morgan fingerprint density at radius 1 is 1.05 bits per heavy atom.